The first-order valence-electron chi connectivity index (χ1n) is 13.5. The summed E-state index contributed by atoms with van der Waals surface area (Å²) in [5.74, 6) is -6.21. The zero-order valence-corrected chi connectivity index (χ0v) is 23.4. The number of aliphatic hydroxyl groups is 1. The van der Waals surface area contributed by atoms with E-state index in [1.165, 1.54) is 16.4 Å². The van der Waals surface area contributed by atoms with E-state index < -0.39 is 82.3 Å². The zero-order valence-electron chi connectivity index (χ0n) is 22.6. The smallest absolute Gasteiger partial charge is 0.407 e. The molecule has 1 aromatic carbocycles. The highest BCUT2D eigenvalue weighted by atomic mass is 32.2. The maximum absolute atomic E-state index is 15.9. The summed E-state index contributed by atoms with van der Waals surface area (Å²) in [7, 11) is 0. The number of alkyl carbamates (subject to hydrolysis) is 1. The van der Waals surface area contributed by atoms with E-state index in [4.69, 9.17) is 4.74 Å². The maximum atomic E-state index is 15.9. The van der Waals surface area contributed by atoms with E-state index in [0.29, 0.717) is 12.8 Å². The molecule has 4 heterocycles. The van der Waals surface area contributed by atoms with E-state index in [-0.39, 0.29) is 47.1 Å². The number of halogens is 2. The van der Waals surface area contributed by atoms with Gasteiger partial charge < -0.3 is 34.8 Å². The number of anilines is 1. The summed E-state index contributed by atoms with van der Waals surface area (Å²) in [5.41, 5.74) is -2.44. The van der Waals surface area contributed by atoms with Crippen LogP contribution in [0, 0.1) is 17.6 Å². The summed E-state index contributed by atoms with van der Waals surface area (Å²) in [4.78, 5) is 63.6. The van der Waals surface area contributed by atoms with Gasteiger partial charge in [-0.2, -0.15) is 0 Å². The van der Waals surface area contributed by atoms with Gasteiger partial charge in [-0.3, -0.25) is 14.5 Å². The zero-order chi connectivity index (χ0) is 30.9. The van der Waals surface area contributed by atoms with E-state index in [9.17, 15) is 39.3 Å². The minimum Gasteiger partial charge on any atom is -0.477 e. The highest BCUT2D eigenvalue weighted by molar-refractivity contribution is 8.04. The number of β-lactam (4-membered cyclic amide) rings is 1. The van der Waals surface area contributed by atoms with Gasteiger partial charge in [-0.25, -0.2) is 23.2 Å². The molecule has 2 saturated heterocycles. The molecular formula is C27H26F2N4O9S. The molecule has 0 bridgehead atoms. The van der Waals surface area contributed by atoms with E-state index in [2.05, 4.69) is 5.32 Å². The van der Waals surface area contributed by atoms with Crippen molar-refractivity contribution in [3.63, 3.8) is 0 Å². The summed E-state index contributed by atoms with van der Waals surface area (Å²) in [6.45, 7) is 1.14. The van der Waals surface area contributed by atoms with E-state index in [0.717, 1.165) is 28.9 Å². The van der Waals surface area contributed by atoms with Crippen LogP contribution in [0.3, 0.4) is 0 Å². The van der Waals surface area contributed by atoms with Gasteiger partial charge in [0.15, 0.2) is 5.82 Å². The molecule has 6 rings (SSSR count). The first-order valence-corrected chi connectivity index (χ1v) is 14.4. The maximum Gasteiger partial charge on any atom is 0.407 e. The topological polar surface area (TPSA) is 179 Å². The molecule has 4 atom stereocenters. The van der Waals surface area contributed by atoms with Crippen molar-refractivity contribution in [2.24, 2.45) is 5.92 Å². The number of carbonyl (C=O) groups excluding carboxylic acids is 2. The minimum absolute atomic E-state index is 0.00639. The van der Waals surface area contributed by atoms with Crippen LogP contribution in [-0.4, -0.2) is 85.9 Å². The van der Waals surface area contributed by atoms with Gasteiger partial charge in [-0.15, -0.1) is 0 Å². The second-order valence-electron chi connectivity index (χ2n) is 10.9. The van der Waals surface area contributed by atoms with Crippen LogP contribution in [-0.2, 0) is 14.3 Å². The molecule has 13 nitrogen and oxygen atoms in total. The molecular weight excluding hydrogens is 594 g/mol. The van der Waals surface area contributed by atoms with Crippen molar-refractivity contribution in [1.29, 1.82) is 0 Å². The molecule has 1 aromatic heterocycles. The van der Waals surface area contributed by atoms with Gasteiger partial charge in [0.05, 0.1) is 33.9 Å². The SMILES string of the molecule is C[C@@H](O)[C@H]1C(=O)N2C(C(=O)O)=C(COC(=O)N[C@H]3CCN(c4c(F)cc5c(=O)c(C(=O)O)cn(C6CC6)c5c4F)C3)S[C@H]12. The van der Waals surface area contributed by atoms with Gasteiger partial charge in [-0.1, -0.05) is 11.8 Å². The fourth-order valence-corrected chi connectivity index (χ4v) is 7.41. The molecule has 0 spiro atoms. The van der Waals surface area contributed by atoms with Gasteiger partial charge in [0.2, 0.25) is 11.3 Å². The van der Waals surface area contributed by atoms with Crippen molar-refractivity contribution in [3.8, 4) is 0 Å². The largest absolute Gasteiger partial charge is 0.477 e. The number of hydrogen-bond donors (Lipinski definition) is 4. The lowest BCUT2D eigenvalue weighted by atomic mass is 9.92. The number of thioether (sulfide) groups is 1. The van der Waals surface area contributed by atoms with Crippen LogP contribution < -0.4 is 15.6 Å². The normalized spacial score (nSPS) is 23.8. The predicted octanol–water partition coefficient (Wildman–Crippen LogP) is 1.83. The third-order valence-corrected chi connectivity index (χ3v) is 9.43. The van der Waals surface area contributed by atoms with Crippen molar-refractivity contribution in [2.45, 2.75) is 49.7 Å². The number of carbonyl (C=O) groups is 4. The highest BCUT2D eigenvalue weighted by Gasteiger charge is 2.57. The molecule has 4 aliphatic rings. The molecule has 43 heavy (non-hydrogen) atoms. The van der Waals surface area contributed by atoms with Crippen LogP contribution in [0.2, 0.25) is 0 Å². The van der Waals surface area contributed by atoms with Crippen molar-refractivity contribution >= 4 is 52.3 Å². The molecule has 2 aromatic rings. The highest BCUT2D eigenvalue weighted by Crippen LogP contribution is 2.50. The lowest BCUT2D eigenvalue weighted by molar-refractivity contribution is -0.156. The van der Waals surface area contributed by atoms with Crippen LogP contribution in [0.25, 0.3) is 10.9 Å². The van der Waals surface area contributed by atoms with E-state index >= 15 is 8.78 Å². The summed E-state index contributed by atoms with van der Waals surface area (Å²) in [5, 5.41) is 30.5. The van der Waals surface area contributed by atoms with Gasteiger partial charge in [0, 0.05) is 25.3 Å². The fourth-order valence-electron chi connectivity index (χ4n) is 5.89. The second kappa shape index (κ2) is 10.5. The summed E-state index contributed by atoms with van der Waals surface area (Å²) >= 11 is 1.02. The number of carboxylic acids is 2. The van der Waals surface area contributed by atoms with Crippen LogP contribution in [0.1, 0.15) is 42.6 Å². The van der Waals surface area contributed by atoms with Crippen molar-refractivity contribution in [1.82, 2.24) is 14.8 Å². The Morgan fingerprint density at radius 3 is 2.51 bits per heavy atom. The number of nitrogens with zero attached hydrogens (tertiary/aromatic N) is 3. The Bertz CT molecular complexity index is 1690. The Hall–Kier alpha value is -4.18. The Morgan fingerprint density at radius 1 is 1.16 bits per heavy atom. The molecule has 0 unspecified atom stereocenters. The van der Waals surface area contributed by atoms with E-state index in [1.54, 1.807) is 0 Å². The number of aliphatic carboxylic acids is 1. The summed E-state index contributed by atoms with van der Waals surface area (Å²) in [6, 6.07) is 0.0429. The number of fused-ring (bicyclic) bond motifs is 2. The van der Waals surface area contributed by atoms with Crippen molar-refractivity contribution in [3.05, 3.63) is 50.3 Å². The summed E-state index contributed by atoms with van der Waals surface area (Å²) in [6.07, 6.45) is 0.807. The Labute approximate surface area is 245 Å². The third kappa shape index (κ3) is 4.77. The first kappa shape index (κ1) is 28.9. The quantitative estimate of drug-likeness (QED) is 0.317. The molecule has 228 valence electrons. The first-order chi connectivity index (χ1) is 20.4. The number of rotatable bonds is 8. The monoisotopic (exact) mass is 620 g/mol. The molecule has 0 radical (unpaired) electrons. The molecule has 2 amide bonds. The van der Waals surface area contributed by atoms with Crippen LogP contribution in [0.5, 0.6) is 0 Å². The molecule has 1 aliphatic carbocycles. The number of ether oxygens (including phenoxy) is 1. The van der Waals surface area contributed by atoms with E-state index in [1.807, 2.05) is 0 Å². The number of amides is 2. The predicted molar refractivity (Wildman–Crippen MR) is 147 cm³/mol. The number of aromatic nitrogens is 1. The number of nitrogens with one attached hydrogen (secondary N) is 1. The Morgan fingerprint density at radius 2 is 1.88 bits per heavy atom. The number of carboxylic acid groups (broad SMARTS) is 2. The van der Waals surface area contributed by atoms with Crippen LogP contribution in [0.4, 0.5) is 19.3 Å². The molecule has 3 aliphatic heterocycles. The second-order valence-corrected chi connectivity index (χ2v) is 12.2. The number of aromatic carboxylic acids is 1. The average Bonchev–Trinajstić information content (AvgIpc) is 3.59. The lowest BCUT2D eigenvalue weighted by Gasteiger charge is -2.43. The molecule has 1 saturated carbocycles. The summed E-state index contributed by atoms with van der Waals surface area (Å²) < 4.78 is 37.8. The number of aliphatic hydroxyl groups excluding tert-OH is 1. The fraction of sp³-hybridized carbons (Fsp3) is 0.444. The van der Waals surface area contributed by atoms with Gasteiger partial charge in [-0.05, 0) is 32.3 Å². The third-order valence-electron chi connectivity index (χ3n) is 8.09. The molecule has 4 N–H and O–H groups in total. The standard InChI is InChI=1S/C27H26F2N4O9S/c1-10(34)17-23(36)33-21(26(39)40)16(43-24(17)33)9-42-27(41)30-11-4-5-31(7-11)20-15(28)6-13-19(18(20)29)32(12-2-3-12)8-14(22(13)35)25(37)38/h6,8,10-12,17,24,34H,2-5,7,9H2,1H3,(H,30,41)(H,37,38)(H,39,40)/t10-,11+,17+,24-/m1/s1. The van der Waals surface area contributed by atoms with Gasteiger partial charge in [0.25, 0.3) is 0 Å². The average molecular weight is 621 g/mol. The Balaban J connectivity index is 1.15. The van der Waals surface area contributed by atoms with Crippen LogP contribution >= 0.6 is 11.8 Å². The van der Waals surface area contributed by atoms with Gasteiger partial charge in [0.1, 0.15) is 34.7 Å². The molecule has 3 fully saturated rings. The van der Waals surface area contributed by atoms with Crippen molar-refractivity contribution in [2.75, 3.05) is 24.6 Å². The molecule has 16 heteroatoms. The Kier molecular flexibility index (Phi) is 7.07. The number of benzene rings is 1. The van der Waals surface area contributed by atoms with Crippen LogP contribution in [0.15, 0.2) is 27.7 Å². The number of pyridine rings is 1. The van der Waals surface area contributed by atoms with Gasteiger partial charge >= 0.3 is 18.0 Å². The van der Waals surface area contributed by atoms with Crippen molar-refractivity contribution < 1.29 is 48.0 Å². The number of hydrogen-bond acceptors (Lipinski definition) is 9. The lowest BCUT2D eigenvalue weighted by Crippen LogP contribution is -2.60. The minimum atomic E-state index is -1.49.